The van der Waals surface area contributed by atoms with Crippen molar-refractivity contribution in [1.82, 2.24) is 9.88 Å². The number of rotatable bonds is 16. The minimum Gasteiger partial charge on any atom is -0.497 e. The van der Waals surface area contributed by atoms with Gasteiger partial charge in [0, 0.05) is 48.6 Å². The van der Waals surface area contributed by atoms with E-state index < -0.39 is 6.04 Å². The monoisotopic (exact) mass is 934 g/mol. The van der Waals surface area contributed by atoms with Gasteiger partial charge in [-0.15, -0.1) is 22.7 Å². The second-order valence-corrected chi connectivity index (χ2v) is 19.2. The number of hydrogen-bond acceptors (Lipinski definition) is 13. The first kappa shape index (κ1) is 45.5. The molecular formula is C53H54N6O6S2. The van der Waals surface area contributed by atoms with Crippen LogP contribution in [0.4, 0.5) is 5.00 Å². The Morgan fingerprint density at radius 2 is 1.49 bits per heavy atom. The van der Waals surface area contributed by atoms with Gasteiger partial charge in [-0.1, -0.05) is 0 Å². The van der Waals surface area contributed by atoms with Crippen molar-refractivity contribution in [3.05, 3.63) is 142 Å². The molecule has 4 aromatic carbocycles. The average Bonchev–Trinajstić information content (AvgIpc) is 4.06. The number of nitrogens with zero attached hydrogens (tertiary/aromatic N) is 4. The van der Waals surface area contributed by atoms with E-state index in [0.717, 1.165) is 115 Å². The molecule has 0 aliphatic carbocycles. The molecule has 344 valence electrons. The number of ether oxygens (including phenoxy) is 4. The first-order valence-corrected chi connectivity index (χ1v) is 24.2. The van der Waals surface area contributed by atoms with E-state index in [-0.39, 0.29) is 17.5 Å². The van der Waals surface area contributed by atoms with Crippen LogP contribution in [0.2, 0.25) is 0 Å². The molecule has 12 nitrogen and oxygen atoms in total. The Morgan fingerprint density at radius 1 is 0.836 bits per heavy atom. The smallest absolute Gasteiger partial charge is 0.196 e. The number of carbonyl (C=O) groups excluding carboxylic acids is 1. The van der Waals surface area contributed by atoms with Gasteiger partial charge in [-0.25, -0.2) is 4.98 Å². The number of thiophene rings is 2. The van der Waals surface area contributed by atoms with Gasteiger partial charge in [0.2, 0.25) is 0 Å². The van der Waals surface area contributed by atoms with Crippen LogP contribution in [0.3, 0.4) is 0 Å². The average molecular weight is 935 g/mol. The zero-order chi connectivity index (χ0) is 46.6. The molecule has 1 fully saturated rings. The maximum atomic E-state index is 14.2. The number of oxazole rings is 1. The number of likely N-dealkylation sites (tertiary alicyclic amines) is 1. The number of ketones is 1. The molecule has 1 atom stereocenters. The second-order valence-electron chi connectivity index (χ2n) is 16.9. The maximum absolute atomic E-state index is 14.2. The molecule has 0 radical (unpaired) electrons. The molecule has 7 aromatic rings. The van der Waals surface area contributed by atoms with Gasteiger partial charge in [0.05, 0.1) is 39.2 Å². The highest BCUT2D eigenvalue weighted by Gasteiger charge is 2.35. The summed E-state index contributed by atoms with van der Waals surface area (Å²) in [6.45, 7) is 9.95. The van der Waals surface area contributed by atoms with Crippen LogP contribution in [0.25, 0.3) is 20.5 Å². The summed E-state index contributed by atoms with van der Waals surface area (Å²) in [5.41, 5.74) is 6.02. The molecule has 2 aliphatic rings. The van der Waals surface area contributed by atoms with Crippen LogP contribution in [0.15, 0.2) is 113 Å². The van der Waals surface area contributed by atoms with Crippen LogP contribution in [0, 0.1) is 30.6 Å². The van der Waals surface area contributed by atoms with Crippen molar-refractivity contribution in [1.29, 1.82) is 10.8 Å². The van der Waals surface area contributed by atoms with Crippen LogP contribution in [0.5, 0.6) is 23.0 Å². The number of aromatic nitrogens is 1. The summed E-state index contributed by atoms with van der Waals surface area (Å²) in [7, 11) is 3.30. The SMILES string of the molecule is COc1ccc(-c2sc3cc(OC)ccc3c2C(=O)c2ccc(OCCN3CCC(CCOc4ccc(C5=N[C@@H](Cc6ncco6)C(=N)N(C(C)=N)c6sc(C)c(C)c65)cc4)CC3)cc2)cc1. The lowest BCUT2D eigenvalue weighted by atomic mass is 9.94. The van der Waals surface area contributed by atoms with Crippen molar-refractivity contribution in [2.75, 3.05) is 52.0 Å². The summed E-state index contributed by atoms with van der Waals surface area (Å²) in [4.78, 5) is 29.9. The molecule has 1 saturated heterocycles. The number of fused-ring (bicyclic) bond motifs is 2. The highest BCUT2D eigenvalue weighted by atomic mass is 32.1. The Bertz CT molecular complexity index is 2910. The summed E-state index contributed by atoms with van der Waals surface area (Å²) in [5.74, 6) is 4.63. The molecule has 0 saturated carbocycles. The first-order valence-electron chi connectivity index (χ1n) is 22.6. The van der Waals surface area contributed by atoms with E-state index >= 15 is 0 Å². The Balaban J connectivity index is 0.760. The van der Waals surface area contributed by atoms with Crippen LogP contribution in [-0.2, 0) is 6.42 Å². The molecule has 3 aromatic heterocycles. The van der Waals surface area contributed by atoms with Crippen molar-refractivity contribution in [2.24, 2.45) is 10.9 Å². The van der Waals surface area contributed by atoms with Crippen LogP contribution in [0.1, 0.15) is 69.6 Å². The van der Waals surface area contributed by atoms with E-state index in [1.54, 1.807) is 54.9 Å². The van der Waals surface area contributed by atoms with Gasteiger partial charge < -0.3 is 23.4 Å². The number of hydrogen-bond donors (Lipinski definition) is 2. The van der Waals surface area contributed by atoms with E-state index in [0.29, 0.717) is 42.6 Å². The van der Waals surface area contributed by atoms with Gasteiger partial charge in [-0.2, -0.15) is 0 Å². The van der Waals surface area contributed by atoms with Gasteiger partial charge in [0.15, 0.2) is 11.7 Å². The summed E-state index contributed by atoms with van der Waals surface area (Å²) in [5, 5.41) is 19.5. The number of carbonyl (C=O) groups is 1. The third-order valence-electron chi connectivity index (χ3n) is 12.7. The predicted octanol–water partition coefficient (Wildman–Crippen LogP) is 11.3. The fourth-order valence-electron chi connectivity index (χ4n) is 8.86. The molecule has 2 N–H and O–H groups in total. The van der Waals surface area contributed by atoms with E-state index in [4.69, 9.17) is 39.2 Å². The van der Waals surface area contributed by atoms with Crippen molar-refractivity contribution in [2.45, 2.75) is 52.5 Å². The normalized spacial score (nSPS) is 15.5. The lowest BCUT2D eigenvalue weighted by Gasteiger charge is -2.31. The number of piperidine rings is 1. The fraction of sp³-hybridized carbons (Fsp3) is 0.302. The van der Waals surface area contributed by atoms with Gasteiger partial charge >= 0.3 is 0 Å². The van der Waals surface area contributed by atoms with Crippen molar-refractivity contribution in [3.63, 3.8) is 0 Å². The van der Waals surface area contributed by atoms with Gasteiger partial charge in [0.25, 0.3) is 0 Å². The number of methoxy groups -OCH3 is 2. The predicted molar refractivity (Wildman–Crippen MR) is 268 cm³/mol. The zero-order valence-electron chi connectivity index (χ0n) is 38.4. The fourth-order valence-corrected chi connectivity index (χ4v) is 11.3. The number of aryl methyl sites for hydroxylation is 1. The summed E-state index contributed by atoms with van der Waals surface area (Å²) in [6.07, 6.45) is 6.66. The third kappa shape index (κ3) is 9.78. The lowest BCUT2D eigenvalue weighted by Crippen LogP contribution is -2.40. The van der Waals surface area contributed by atoms with Gasteiger partial charge in [0.1, 0.15) is 58.6 Å². The molecule has 0 amide bonds. The first-order chi connectivity index (χ1) is 32.6. The molecule has 0 unspecified atom stereocenters. The van der Waals surface area contributed by atoms with Crippen LogP contribution in [-0.4, -0.2) is 86.2 Å². The second kappa shape index (κ2) is 20.1. The minimum absolute atomic E-state index is 0.0341. The lowest BCUT2D eigenvalue weighted by molar-refractivity contribution is 0.104. The van der Waals surface area contributed by atoms with E-state index in [1.165, 1.54) is 6.26 Å². The Kier molecular flexibility index (Phi) is 13.7. The van der Waals surface area contributed by atoms with E-state index in [2.05, 4.69) is 23.7 Å². The van der Waals surface area contributed by atoms with Gasteiger partial charge in [-0.05, 0) is 161 Å². The Labute approximate surface area is 398 Å². The quantitative estimate of drug-likeness (QED) is 0.0549. The highest BCUT2D eigenvalue weighted by Crippen LogP contribution is 2.43. The molecule has 2 aliphatic heterocycles. The molecule has 0 bridgehead atoms. The molecule has 5 heterocycles. The number of benzene rings is 4. The maximum Gasteiger partial charge on any atom is 0.196 e. The molecule has 9 rings (SSSR count). The highest BCUT2D eigenvalue weighted by molar-refractivity contribution is 7.22. The largest absolute Gasteiger partial charge is 0.497 e. The summed E-state index contributed by atoms with van der Waals surface area (Å²) < 4.78 is 29.9. The third-order valence-corrected chi connectivity index (χ3v) is 15.1. The van der Waals surface area contributed by atoms with Crippen LogP contribution < -0.4 is 23.8 Å². The van der Waals surface area contributed by atoms with Gasteiger partial charge in [-0.3, -0.25) is 30.4 Å². The summed E-state index contributed by atoms with van der Waals surface area (Å²) in [6, 6.07) is 28.7. The van der Waals surface area contributed by atoms with E-state index in [1.807, 2.05) is 91.0 Å². The van der Waals surface area contributed by atoms with Crippen LogP contribution >= 0.6 is 22.7 Å². The minimum atomic E-state index is -0.578. The molecular weight excluding hydrogens is 881 g/mol. The van der Waals surface area contributed by atoms with E-state index in [9.17, 15) is 4.79 Å². The molecule has 67 heavy (non-hydrogen) atoms. The Morgan fingerprint density at radius 3 is 2.16 bits per heavy atom. The standard InChI is InChI=1S/C53H54N6O6S2/c1-32-33(2)66-53-47(32)49(57-44(31-46-56-23-28-65-46)52(55)59(53)34(3)54)36-6-14-40(15-7-36)63-27-22-35-20-24-58(25-21-35)26-29-64-41-16-8-37(9-17-41)50(60)48-43-19-18-42(62-5)30-45(43)67-51(48)38-10-12-39(61-4)13-11-38/h6-19,23,28,30,35,44,54-55H,20-22,24-27,29,31H2,1-5H3/t44-/m0/s1. The summed E-state index contributed by atoms with van der Waals surface area (Å²) >= 11 is 3.17. The number of aliphatic imine (C=N–C) groups is 1. The van der Waals surface area contributed by atoms with Crippen molar-refractivity contribution in [3.8, 4) is 33.4 Å². The number of amidine groups is 2. The van der Waals surface area contributed by atoms with Crippen molar-refractivity contribution >= 4 is 60.9 Å². The molecule has 14 heteroatoms. The Hall–Kier alpha value is -6.61. The zero-order valence-corrected chi connectivity index (χ0v) is 40.0. The topological polar surface area (TPSA) is 147 Å². The number of nitrogens with one attached hydrogen (secondary N) is 2. The number of anilines is 1. The molecule has 0 spiro atoms. The van der Waals surface area contributed by atoms with Crippen molar-refractivity contribution < 1.29 is 28.2 Å².